The Morgan fingerprint density at radius 1 is 1.22 bits per heavy atom. The van der Waals surface area contributed by atoms with Crippen LogP contribution in [0, 0.1) is 13.8 Å². The van der Waals surface area contributed by atoms with Gasteiger partial charge in [0, 0.05) is 22.2 Å². The zero-order valence-corrected chi connectivity index (χ0v) is 18.4. The number of pyridine rings is 1. The van der Waals surface area contributed by atoms with Crippen LogP contribution in [0.15, 0.2) is 18.6 Å². The van der Waals surface area contributed by atoms with E-state index in [1.54, 1.807) is 16.8 Å². The number of H-pyrrole nitrogens is 1. The number of nitrogens with one attached hydrogen (secondary N) is 2. The summed E-state index contributed by atoms with van der Waals surface area (Å²) in [5.74, 6) is 0.383. The molecule has 0 spiro atoms. The van der Waals surface area contributed by atoms with Gasteiger partial charge in [-0.15, -0.1) is 11.3 Å². The Morgan fingerprint density at radius 3 is 2.75 bits per heavy atom. The number of alkyl halides is 3. The molecule has 7 nitrogen and oxygen atoms in total. The van der Waals surface area contributed by atoms with Crippen LogP contribution < -0.4 is 5.32 Å². The van der Waals surface area contributed by atoms with Crippen molar-refractivity contribution in [3.63, 3.8) is 0 Å². The van der Waals surface area contributed by atoms with E-state index >= 15 is 0 Å². The summed E-state index contributed by atoms with van der Waals surface area (Å²) < 4.78 is 42.3. The minimum atomic E-state index is -4.38. The van der Waals surface area contributed by atoms with Gasteiger partial charge in [0.2, 0.25) is 0 Å². The summed E-state index contributed by atoms with van der Waals surface area (Å²) in [7, 11) is 0. The SMILES string of the molecule is Cc1nc(-c2[nH]nc(-c3cc(C)c4ncnn4c3)c2CC(F)(F)F)sc1C1CCNCC1. The molecular formula is C21H22F3N7S. The van der Waals surface area contributed by atoms with Gasteiger partial charge in [0.25, 0.3) is 0 Å². The van der Waals surface area contributed by atoms with E-state index in [9.17, 15) is 13.2 Å². The lowest BCUT2D eigenvalue weighted by Crippen LogP contribution is -2.26. The van der Waals surface area contributed by atoms with Crippen molar-refractivity contribution >= 4 is 17.0 Å². The van der Waals surface area contributed by atoms with Crippen LogP contribution in [0.2, 0.25) is 0 Å². The van der Waals surface area contributed by atoms with Gasteiger partial charge < -0.3 is 5.32 Å². The molecule has 4 aromatic rings. The lowest BCUT2D eigenvalue weighted by molar-refractivity contribution is -0.127. The molecule has 0 bridgehead atoms. The average Bonchev–Trinajstić information content (AvgIpc) is 3.46. The normalized spacial score (nSPS) is 15.7. The van der Waals surface area contributed by atoms with Gasteiger partial charge in [0.1, 0.15) is 11.3 Å². The molecule has 1 aliphatic heterocycles. The van der Waals surface area contributed by atoms with Crippen LogP contribution >= 0.6 is 11.3 Å². The van der Waals surface area contributed by atoms with Crippen molar-refractivity contribution in [2.45, 2.75) is 45.2 Å². The number of thiazole rings is 1. The zero-order valence-electron chi connectivity index (χ0n) is 17.6. The molecule has 0 aliphatic carbocycles. The topological polar surface area (TPSA) is 83.8 Å². The van der Waals surface area contributed by atoms with Crippen molar-refractivity contribution in [1.29, 1.82) is 0 Å². The molecule has 0 saturated carbocycles. The predicted molar refractivity (Wildman–Crippen MR) is 116 cm³/mol. The molecule has 4 aromatic heterocycles. The number of aryl methyl sites for hydroxylation is 2. The van der Waals surface area contributed by atoms with E-state index in [1.165, 1.54) is 17.7 Å². The average molecular weight is 462 g/mol. The van der Waals surface area contributed by atoms with Gasteiger partial charge in [-0.2, -0.15) is 23.4 Å². The Kier molecular flexibility index (Phi) is 5.25. The van der Waals surface area contributed by atoms with Crippen molar-refractivity contribution in [2.24, 2.45) is 0 Å². The quantitative estimate of drug-likeness (QED) is 0.470. The third-order valence-electron chi connectivity index (χ3n) is 5.83. The molecule has 0 amide bonds. The number of aromatic amines is 1. The highest BCUT2D eigenvalue weighted by molar-refractivity contribution is 7.15. The van der Waals surface area contributed by atoms with Gasteiger partial charge in [-0.3, -0.25) is 5.10 Å². The highest BCUT2D eigenvalue weighted by Gasteiger charge is 2.34. The Hall–Kier alpha value is -2.79. The first-order valence-corrected chi connectivity index (χ1v) is 11.2. The summed E-state index contributed by atoms with van der Waals surface area (Å²) in [5.41, 5.74) is 3.59. The van der Waals surface area contributed by atoms with Gasteiger partial charge >= 0.3 is 6.18 Å². The van der Waals surface area contributed by atoms with E-state index in [0.717, 1.165) is 42.1 Å². The zero-order chi connectivity index (χ0) is 22.5. The molecule has 1 saturated heterocycles. The molecule has 11 heteroatoms. The Balaban J connectivity index is 1.61. The van der Waals surface area contributed by atoms with Crippen LogP contribution in [0.25, 0.3) is 27.6 Å². The summed E-state index contributed by atoms with van der Waals surface area (Å²) in [6.07, 6.45) is -0.400. The molecule has 168 valence electrons. The fraction of sp³-hybridized carbons (Fsp3) is 0.429. The summed E-state index contributed by atoms with van der Waals surface area (Å²) in [4.78, 5) is 9.97. The number of nitrogens with zero attached hydrogens (tertiary/aromatic N) is 5. The van der Waals surface area contributed by atoms with E-state index in [2.05, 4.69) is 30.6 Å². The fourth-order valence-electron chi connectivity index (χ4n) is 4.35. The molecule has 0 atom stereocenters. The molecule has 5 heterocycles. The minimum Gasteiger partial charge on any atom is -0.317 e. The van der Waals surface area contributed by atoms with Gasteiger partial charge in [-0.05, 0) is 57.3 Å². The summed E-state index contributed by atoms with van der Waals surface area (Å²) in [6.45, 7) is 5.66. The van der Waals surface area contributed by atoms with Crippen molar-refractivity contribution in [2.75, 3.05) is 13.1 Å². The first-order valence-electron chi connectivity index (χ1n) is 10.4. The van der Waals surface area contributed by atoms with Crippen LogP contribution in [-0.2, 0) is 6.42 Å². The number of hydrogen-bond donors (Lipinski definition) is 2. The maximum Gasteiger partial charge on any atom is 0.393 e. The van der Waals surface area contributed by atoms with E-state index in [0.29, 0.717) is 27.8 Å². The largest absolute Gasteiger partial charge is 0.393 e. The molecule has 0 radical (unpaired) electrons. The standard InChI is InChI=1S/C21H22F3N7S/c1-11-7-14(9-31-19(11)26-10-27-31)16-15(8-21(22,23)24)17(30-29-16)20-28-12(2)18(32-20)13-3-5-25-6-4-13/h7,9-10,13,25H,3-6,8H2,1-2H3,(H,29,30). The van der Waals surface area contributed by atoms with Crippen LogP contribution in [0.1, 0.15) is 40.5 Å². The molecule has 0 aromatic carbocycles. The van der Waals surface area contributed by atoms with Gasteiger partial charge in [0.15, 0.2) is 5.65 Å². The smallest absolute Gasteiger partial charge is 0.317 e. The lowest BCUT2D eigenvalue weighted by atomic mass is 9.96. The second kappa shape index (κ2) is 7.96. The molecule has 2 N–H and O–H groups in total. The van der Waals surface area contributed by atoms with E-state index in [1.807, 2.05) is 13.8 Å². The summed E-state index contributed by atoms with van der Waals surface area (Å²) in [6, 6.07) is 1.79. The van der Waals surface area contributed by atoms with Crippen LogP contribution in [-0.4, -0.2) is 49.0 Å². The van der Waals surface area contributed by atoms with Crippen LogP contribution in [0.3, 0.4) is 0 Å². The monoisotopic (exact) mass is 461 g/mol. The second-order valence-corrected chi connectivity index (χ2v) is 9.18. The minimum absolute atomic E-state index is 0.0991. The highest BCUT2D eigenvalue weighted by Crippen LogP contribution is 2.40. The fourth-order valence-corrected chi connectivity index (χ4v) is 5.61. The lowest BCUT2D eigenvalue weighted by Gasteiger charge is -2.21. The number of piperidine rings is 1. The molecule has 1 fully saturated rings. The third kappa shape index (κ3) is 3.90. The first kappa shape index (κ1) is 21.1. The maximum atomic E-state index is 13.6. The first-order chi connectivity index (χ1) is 15.3. The summed E-state index contributed by atoms with van der Waals surface area (Å²) >= 11 is 1.47. The third-order valence-corrected chi connectivity index (χ3v) is 7.17. The van der Waals surface area contributed by atoms with Gasteiger partial charge in [0.05, 0.1) is 23.5 Å². The van der Waals surface area contributed by atoms with E-state index < -0.39 is 12.6 Å². The van der Waals surface area contributed by atoms with E-state index in [4.69, 9.17) is 0 Å². The van der Waals surface area contributed by atoms with Crippen molar-refractivity contribution in [3.05, 3.63) is 40.3 Å². The number of hydrogen-bond acceptors (Lipinski definition) is 6. The number of halogens is 3. The second-order valence-electron chi connectivity index (χ2n) is 8.15. The van der Waals surface area contributed by atoms with Crippen LogP contribution in [0.4, 0.5) is 13.2 Å². The van der Waals surface area contributed by atoms with Crippen molar-refractivity contribution in [3.8, 4) is 22.0 Å². The number of fused-ring (bicyclic) bond motifs is 1. The Labute approximate surface area is 186 Å². The maximum absolute atomic E-state index is 13.6. The van der Waals surface area contributed by atoms with Gasteiger partial charge in [-0.1, -0.05) is 0 Å². The summed E-state index contributed by atoms with van der Waals surface area (Å²) in [5, 5.41) is 15.2. The van der Waals surface area contributed by atoms with Crippen molar-refractivity contribution in [1.82, 2.24) is 35.1 Å². The van der Waals surface area contributed by atoms with Crippen molar-refractivity contribution < 1.29 is 13.2 Å². The highest BCUT2D eigenvalue weighted by atomic mass is 32.1. The molecular weight excluding hydrogens is 439 g/mol. The van der Waals surface area contributed by atoms with E-state index in [-0.39, 0.29) is 11.3 Å². The molecule has 0 unspecified atom stereocenters. The molecule has 1 aliphatic rings. The number of rotatable bonds is 4. The molecule has 32 heavy (non-hydrogen) atoms. The van der Waals surface area contributed by atoms with Gasteiger partial charge in [-0.25, -0.2) is 14.5 Å². The Bertz CT molecular complexity index is 1260. The van der Waals surface area contributed by atoms with Crippen LogP contribution in [0.5, 0.6) is 0 Å². The predicted octanol–water partition coefficient (Wildman–Crippen LogP) is 4.43. The Morgan fingerprint density at radius 2 is 2.00 bits per heavy atom. The molecule has 5 rings (SSSR count). The number of aromatic nitrogens is 6.